The largest absolute Gasteiger partial charge is 0.472 e. The molecule has 1 saturated carbocycles. The molecule has 170 valence electrons. The highest BCUT2D eigenvalue weighted by atomic mass is 19.2. The number of ether oxygens (including phenoxy) is 2. The summed E-state index contributed by atoms with van der Waals surface area (Å²) in [6.45, 7) is 11.0. The van der Waals surface area contributed by atoms with E-state index >= 15 is 0 Å². The Morgan fingerprint density at radius 2 is 1.84 bits per heavy atom. The zero-order chi connectivity index (χ0) is 22.5. The third kappa shape index (κ3) is 3.99. The van der Waals surface area contributed by atoms with Crippen molar-refractivity contribution in [2.75, 3.05) is 16.8 Å². The smallest absolute Gasteiger partial charge is 0.340 e. The van der Waals surface area contributed by atoms with E-state index in [1.165, 1.54) is 6.07 Å². The molecule has 0 unspecified atom stereocenters. The fourth-order valence-electron chi connectivity index (χ4n) is 5.14. The van der Waals surface area contributed by atoms with Gasteiger partial charge in [0.05, 0.1) is 11.4 Å². The number of esters is 1. The van der Waals surface area contributed by atoms with Crippen LogP contribution < -0.4 is 10.2 Å². The Balaban J connectivity index is 1.50. The second kappa shape index (κ2) is 7.99. The molecule has 1 aromatic rings. The third-order valence-electron chi connectivity index (χ3n) is 6.97. The molecule has 3 aliphatic rings. The average molecular weight is 435 g/mol. The van der Waals surface area contributed by atoms with Gasteiger partial charge in [-0.1, -0.05) is 20.8 Å². The predicted octanol–water partition coefficient (Wildman–Crippen LogP) is 5.36. The predicted molar refractivity (Wildman–Crippen MR) is 116 cm³/mol. The Morgan fingerprint density at radius 1 is 1.19 bits per heavy atom. The monoisotopic (exact) mass is 434 g/mol. The topological polar surface area (TPSA) is 50.8 Å². The summed E-state index contributed by atoms with van der Waals surface area (Å²) in [4.78, 5) is 15.0. The molecule has 1 N–H and O–H groups in total. The number of nitrogens with zero attached hydrogens (tertiary/aromatic N) is 1. The van der Waals surface area contributed by atoms with Crippen molar-refractivity contribution < 1.29 is 23.0 Å². The Hall–Kier alpha value is -2.31. The highest BCUT2D eigenvalue weighted by Gasteiger charge is 2.47. The summed E-state index contributed by atoms with van der Waals surface area (Å²) in [5, 5.41) is 3.18. The van der Waals surface area contributed by atoms with Gasteiger partial charge >= 0.3 is 5.97 Å². The summed E-state index contributed by atoms with van der Waals surface area (Å²) < 4.78 is 39.6. The number of allylic oxidation sites excluding steroid dienone is 1. The van der Waals surface area contributed by atoms with Crippen LogP contribution in [0.5, 0.6) is 0 Å². The van der Waals surface area contributed by atoms with Crippen LogP contribution in [0.1, 0.15) is 60.3 Å². The van der Waals surface area contributed by atoms with Crippen LogP contribution in [0.4, 0.5) is 20.2 Å². The van der Waals surface area contributed by atoms with Crippen LogP contribution in [-0.2, 0) is 14.3 Å². The SMILES string of the molecule is CCN1c2cc(F)c(F)cc2N[C@H]2C(C(=O)OC3CCC(C(C)(C)C)CC3)=C(C)O[C@H]21. The molecule has 0 amide bonds. The van der Waals surface area contributed by atoms with Crippen molar-refractivity contribution in [3.63, 3.8) is 0 Å². The standard InChI is InChI=1S/C24H32F2N2O3/c1-6-28-19-12-17(26)16(25)11-18(19)27-21-20(13(2)30-22(21)28)23(29)31-15-9-7-14(8-10-15)24(3,4)5/h11-12,14-15,21-22,27H,6-10H2,1-5H3/t14?,15?,21-,22+/m0/s1. The van der Waals surface area contributed by atoms with Gasteiger partial charge in [0.25, 0.3) is 0 Å². The maximum Gasteiger partial charge on any atom is 0.340 e. The number of fused-ring (bicyclic) bond motifs is 2. The molecular weight excluding hydrogens is 402 g/mol. The van der Waals surface area contributed by atoms with E-state index in [1.807, 2.05) is 11.8 Å². The van der Waals surface area contributed by atoms with Crippen molar-refractivity contribution in [2.45, 2.75) is 78.7 Å². The summed E-state index contributed by atoms with van der Waals surface area (Å²) in [7, 11) is 0. The zero-order valence-electron chi connectivity index (χ0n) is 18.9. The number of carbonyl (C=O) groups excluding carboxylic acids is 1. The van der Waals surface area contributed by atoms with Crippen molar-refractivity contribution >= 4 is 17.3 Å². The number of halogens is 2. The first-order valence-corrected chi connectivity index (χ1v) is 11.2. The van der Waals surface area contributed by atoms with Gasteiger partial charge in [-0.25, -0.2) is 13.6 Å². The Bertz CT molecular complexity index is 901. The van der Waals surface area contributed by atoms with Crippen molar-refractivity contribution in [3.8, 4) is 0 Å². The minimum absolute atomic E-state index is 0.102. The Morgan fingerprint density at radius 3 is 2.45 bits per heavy atom. The summed E-state index contributed by atoms with van der Waals surface area (Å²) in [6.07, 6.45) is 3.19. The quantitative estimate of drug-likeness (QED) is 0.649. The van der Waals surface area contributed by atoms with Crippen LogP contribution in [-0.4, -0.2) is 30.9 Å². The number of hydrogen-bond donors (Lipinski definition) is 1. The number of carbonyl (C=O) groups is 1. The molecule has 7 heteroatoms. The van der Waals surface area contributed by atoms with Gasteiger partial charge in [-0.15, -0.1) is 0 Å². The third-order valence-corrected chi connectivity index (χ3v) is 6.97. The van der Waals surface area contributed by atoms with Crippen molar-refractivity contribution in [1.29, 1.82) is 0 Å². The summed E-state index contributed by atoms with van der Waals surface area (Å²) in [6, 6.07) is 1.80. The molecule has 0 bridgehead atoms. The molecule has 0 saturated heterocycles. The van der Waals surface area contributed by atoms with Gasteiger partial charge in [0.2, 0.25) is 0 Å². The maximum atomic E-state index is 13.9. The Kier molecular flexibility index (Phi) is 5.64. The highest BCUT2D eigenvalue weighted by Crippen LogP contribution is 2.43. The molecule has 1 aliphatic carbocycles. The normalized spacial score (nSPS) is 27.9. The van der Waals surface area contributed by atoms with Gasteiger partial charge in [-0.2, -0.15) is 0 Å². The maximum absolute atomic E-state index is 13.9. The number of likely N-dealkylation sites (N-methyl/N-ethyl adjacent to an activating group) is 1. The van der Waals surface area contributed by atoms with E-state index in [9.17, 15) is 13.6 Å². The first kappa shape index (κ1) is 21.9. The van der Waals surface area contributed by atoms with Crippen molar-refractivity contribution in [3.05, 3.63) is 35.1 Å². The molecule has 31 heavy (non-hydrogen) atoms. The van der Waals surface area contributed by atoms with Crippen molar-refractivity contribution in [2.24, 2.45) is 11.3 Å². The van der Waals surface area contributed by atoms with Crippen LogP contribution >= 0.6 is 0 Å². The van der Waals surface area contributed by atoms with Gasteiger partial charge in [0.1, 0.15) is 23.5 Å². The number of benzene rings is 1. The molecule has 1 aromatic carbocycles. The molecule has 0 spiro atoms. The number of rotatable bonds is 3. The lowest BCUT2D eigenvalue weighted by molar-refractivity contribution is -0.146. The summed E-state index contributed by atoms with van der Waals surface area (Å²) >= 11 is 0. The summed E-state index contributed by atoms with van der Waals surface area (Å²) in [5.41, 5.74) is 1.65. The number of hydrogen-bond acceptors (Lipinski definition) is 5. The second-order valence-electron chi connectivity index (χ2n) is 9.91. The van der Waals surface area contributed by atoms with E-state index in [-0.39, 0.29) is 11.5 Å². The van der Waals surface area contributed by atoms with Gasteiger partial charge in [-0.05, 0) is 50.9 Å². The molecule has 0 aromatic heterocycles. The molecule has 5 nitrogen and oxygen atoms in total. The van der Waals surface area contributed by atoms with Gasteiger partial charge < -0.3 is 19.7 Å². The molecule has 1 fully saturated rings. The van der Waals surface area contributed by atoms with E-state index in [0.717, 1.165) is 31.7 Å². The lowest BCUT2D eigenvalue weighted by atomic mass is 9.72. The number of anilines is 2. The zero-order valence-corrected chi connectivity index (χ0v) is 18.9. The van der Waals surface area contributed by atoms with Crippen LogP contribution in [0, 0.1) is 23.0 Å². The minimum atomic E-state index is -0.930. The fraction of sp³-hybridized carbons (Fsp3) is 0.625. The molecule has 2 aliphatic heterocycles. The van der Waals surface area contributed by atoms with E-state index in [2.05, 4.69) is 26.1 Å². The molecule has 2 heterocycles. The minimum Gasteiger partial charge on any atom is -0.472 e. The molecule has 2 atom stereocenters. The fourth-order valence-corrected chi connectivity index (χ4v) is 5.14. The van der Waals surface area contributed by atoms with Crippen LogP contribution in [0.25, 0.3) is 0 Å². The average Bonchev–Trinajstić information content (AvgIpc) is 3.02. The van der Waals surface area contributed by atoms with E-state index < -0.39 is 29.9 Å². The van der Waals surface area contributed by atoms with Gasteiger partial charge in [0.15, 0.2) is 17.9 Å². The van der Waals surface area contributed by atoms with Crippen LogP contribution in [0.2, 0.25) is 0 Å². The molecular formula is C24H32F2N2O3. The first-order chi connectivity index (χ1) is 14.6. The summed E-state index contributed by atoms with van der Waals surface area (Å²) in [5.74, 6) is -1.11. The Labute approximate surface area is 182 Å². The molecule has 0 radical (unpaired) electrons. The van der Waals surface area contributed by atoms with E-state index in [1.54, 1.807) is 6.92 Å². The highest BCUT2D eigenvalue weighted by molar-refractivity contribution is 5.93. The van der Waals surface area contributed by atoms with Crippen LogP contribution in [0.15, 0.2) is 23.5 Å². The second-order valence-corrected chi connectivity index (χ2v) is 9.91. The lowest BCUT2D eigenvalue weighted by Gasteiger charge is -2.40. The van der Waals surface area contributed by atoms with Gasteiger partial charge in [-0.3, -0.25) is 0 Å². The van der Waals surface area contributed by atoms with E-state index in [0.29, 0.717) is 35.2 Å². The molecule has 4 rings (SSSR count). The van der Waals surface area contributed by atoms with Crippen molar-refractivity contribution in [1.82, 2.24) is 0 Å². The van der Waals surface area contributed by atoms with Crippen LogP contribution in [0.3, 0.4) is 0 Å². The van der Waals surface area contributed by atoms with Gasteiger partial charge in [0, 0.05) is 18.7 Å². The number of nitrogens with one attached hydrogen (secondary N) is 1. The van der Waals surface area contributed by atoms with E-state index in [4.69, 9.17) is 9.47 Å². The first-order valence-electron chi connectivity index (χ1n) is 11.2. The lowest BCUT2D eigenvalue weighted by Crippen LogP contribution is -2.51.